The van der Waals surface area contributed by atoms with E-state index < -0.39 is 0 Å². The number of nitrogens with zero attached hydrogens (tertiary/aromatic N) is 4. The summed E-state index contributed by atoms with van der Waals surface area (Å²) in [6, 6.07) is 17.0. The van der Waals surface area contributed by atoms with Crippen molar-refractivity contribution in [2.75, 3.05) is 5.32 Å². The van der Waals surface area contributed by atoms with Crippen LogP contribution in [0.3, 0.4) is 0 Å². The molecule has 0 aliphatic carbocycles. The molecule has 0 saturated heterocycles. The van der Waals surface area contributed by atoms with E-state index in [0.29, 0.717) is 17.4 Å². The fraction of sp³-hybridized carbons (Fsp3) is 0.250. The number of nitrogens with one attached hydrogen (secondary N) is 1. The minimum Gasteiger partial charge on any atom is -0.489 e. The first-order chi connectivity index (χ1) is 15.5. The molecule has 166 valence electrons. The van der Waals surface area contributed by atoms with Crippen LogP contribution in [-0.2, 0) is 11.4 Å². The van der Waals surface area contributed by atoms with Crippen molar-refractivity contribution in [3.63, 3.8) is 0 Å². The smallest absolute Gasteiger partial charge is 0.249 e. The number of pyridine rings is 2. The standard InChI is InChI=1S/C22H20ClN5O2.C2H6/c1-14(2)21(29)26-22-25-20-5-3-4-18(28(20)27-22)16-7-9-17(10-8-16)30-13-15-6-11-19(23)24-12-15;1-2/h3-12,14H,13H2,1-2H3,(H,26,27,29);1-2H3. The van der Waals surface area contributed by atoms with Crippen LogP contribution in [0.5, 0.6) is 5.75 Å². The molecule has 0 saturated carbocycles. The van der Waals surface area contributed by atoms with Crippen LogP contribution in [0.2, 0.25) is 5.15 Å². The Bertz CT molecular complexity index is 1170. The van der Waals surface area contributed by atoms with E-state index in [4.69, 9.17) is 16.3 Å². The zero-order chi connectivity index (χ0) is 23.1. The average Bonchev–Trinajstić information content (AvgIpc) is 3.23. The van der Waals surface area contributed by atoms with Gasteiger partial charge in [-0.05, 0) is 42.5 Å². The van der Waals surface area contributed by atoms with Crippen molar-refractivity contribution in [1.29, 1.82) is 0 Å². The average molecular weight is 452 g/mol. The summed E-state index contributed by atoms with van der Waals surface area (Å²) < 4.78 is 7.53. The Labute approximate surface area is 192 Å². The fourth-order valence-electron chi connectivity index (χ4n) is 2.81. The van der Waals surface area contributed by atoms with Crippen LogP contribution in [0.1, 0.15) is 33.3 Å². The van der Waals surface area contributed by atoms with Crippen molar-refractivity contribution in [3.05, 3.63) is 71.5 Å². The lowest BCUT2D eigenvalue weighted by atomic mass is 10.1. The molecule has 3 aromatic heterocycles. The molecule has 4 aromatic rings. The number of fused-ring (bicyclic) bond motifs is 1. The normalized spacial score (nSPS) is 10.6. The zero-order valence-electron chi connectivity index (χ0n) is 18.5. The van der Waals surface area contributed by atoms with Gasteiger partial charge in [0.15, 0.2) is 5.65 Å². The van der Waals surface area contributed by atoms with Gasteiger partial charge in [0.05, 0.1) is 5.69 Å². The maximum Gasteiger partial charge on any atom is 0.249 e. The van der Waals surface area contributed by atoms with E-state index in [1.807, 2.05) is 76.2 Å². The SMILES string of the molecule is CC.CC(C)C(=O)Nc1nc2cccc(-c3ccc(OCc4ccc(Cl)nc4)cc3)n2n1. The van der Waals surface area contributed by atoms with E-state index in [9.17, 15) is 4.79 Å². The van der Waals surface area contributed by atoms with Crippen molar-refractivity contribution in [2.24, 2.45) is 5.92 Å². The van der Waals surface area contributed by atoms with Crippen LogP contribution in [-0.4, -0.2) is 25.5 Å². The second-order valence-electron chi connectivity index (χ2n) is 7.06. The summed E-state index contributed by atoms with van der Waals surface area (Å²) in [5.41, 5.74) is 3.40. The number of carbonyl (C=O) groups excluding carboxylic acids is 1. The Morgan fingerprint density at radius 2 is 1.84 bits per heavy atom. The first-order valence-corrected chi connectivity index (χ1v) is 10.9. The summed E-state index contributed by atoms with van der Waals surface area (Å²) in [4.78, 5) is 20.4. The van der Waals surface area contributed by atoms with E-state index in [1.54, 1.807) is 16.8 Å². The molecular weight excluding hydrogens is 426 g/mol. The van der Waals surface area contributed by atoms with Gasteiger partial charge in [0.2, 0.25) is 11.9 Å². The van der Waals surface area contributed by atoms with Crippen LogP contribution in [0, 0.1) is 5.92 Å². The Hall–Kier alpha value is -3.45. The number of anilines is 1. The Kier molecular flexibility index (Phi) is 7.78. The summed E-state index contributed by atoms with van der Waals surface area (Å²) in [7, 11) is 0. The molecule has 0 bridgehead atoms. The van der Waals surface area contributed by atoms with Crippen LogP contribution >= 0.6 is 11.6 Å². The summed E-state index contributed by atoms with van der Waals surface area (Å²) in [6.45, 7) is 8.05. The summed E-state index contributed by atoms with van der Waals surface area (Å²) in [5.74, 6) is 0.763. The molecule has 0 aliphatic rings. The van der Waals surface area contributed by atoms with Gasteiger partial charge in [-0.25, -0.2) is 9.50 Å². The summed E-state index contributed by atoms with van der Waals surface area (Å²) in [5, 5.41) is 7.64. The molecule has 8 heteroatoms. The Morgan fingerprint density at radius 3 is 2.50 bits per heavy atom. The number of ether oxygens (including phenoxy) is 1. The molecular formula is C24H26ClN5O2. The molecule has 1 N–H and O–H groups in total. The van der Waals surface area contributed by atoms with Gasteiger partial charge >= 0.3 is 0 Å². The predicted octanol–water partition coefficient (Wildman–Crippen LogP) is 5.64. The number of halogens is 1. The van der Waals surface area contributed by atoms with Crippen LogP contribution in [0.25, 0.3) is 16.9 Å². The van der Waals surface area contributed by atoms with Crippen LogP contribution < -0.4 is 10.1 Å². The van der Waals surface area contributed by atoms with Gasteiger partial charge in [-0.2, -0.15) is 4.98 Å². The quantitative estimate of drug-likeness (QED) is 0.383. The highest BCUT2D eigenvalue weighted by molar-refractivity contribution is 6.29. The third-order valence-electron chi connectivity index (χ3n) is 4.46. The van der Waals surface area contributed by atoms with E-state index >= 15 is 0 Å². The first-order valence-electron chi connectivity index (χ1n) is 10.5. The van der Waals surface area contributed by atoms with Crippen molar-refractivity contribution >= 4 is 29.1 Å². The van der Waals surface area contributed by atoms with Gasteiger partial charge < -0.3 is 4.74 Å². The molecule has 0 spiro atoms. The Morgan fingerprint density at radius 1 is 1.09 bits per heavy atom. The highest BCUT2D eigenvalue weighted by Crippen LogP contribution is 2.24. The van der Waals surface area contributed by atoms with Gasteiger partial charge in [0, 0.05) is 23.2 Å². The van der Waals surface area contributed by atoms with Crippen molar-refractivity contribution in [1.82, 2.24) is 19.6 Å². The van der Waals surface area contributed by atoms with Crippen molar-refractivity contribution in [2.45, 2.75) is 34.3 Å². The minimum atomic E-state index is -0.146. The van der Waals surface area contributed by atoms with Crippen LogP contribution in [0.4, 0.5) is 5.95 Å². The third kappa shape index (κ3) is 5.62. The fourth-order valence-corrected chi connectivity index (χ4v) is 2.92. The van der Waals surface area contributed by atoms with E-state index in [0.717, 1.165) is 22.6 Å². The monoisotopic (exact) mass is 451 g/mol. The predicted molar refractivity (Wildman–Crippen MR) is 127 cm³/mol. The number of rotatable bonds is 6. The van der Waals surface area contributed by atoms with Crippen molar-refractivity contribution < 1.29 is 9.53 Å². The zero-order valence-corrected chi connectivity index (χ0v) is 19.3. The van der Waals surface area contributed by atoms with Gasteiger partial charge in [0.1, 0.15) is 17.5 Å². The largest absolute Gasteiger partial charge is 0.489 e. The third-order valence-corrected chi connectivity index (χ3v) is 4.69. The molecule has 32 heavy (non-hydrogen) atoms. The van der Waals surface area contributed by atoms with E-state index in [-0.39, 0.29) is 17.8 Å². The molecule has 0 unspecified atom stereocenters. The maximum atomic E-state index is 11.9. The molecule has 4 rings (SSSR count). The van der Waals surface area contributed by atoms with Crippen molar-refractivity contribution in [3.8, 4) is 17.0 Å². The van der Waals surface area contributed by atoms with E-state index in [2.05, 4.69) is 20.4 Å². The summed E-state index contributed by atoms with van der Waals surface area (Å²) >= 11 is 5.80. The van der Waals surface area contributed by atoms with E-state index in [1.165, 1.54) is 0 Å². The first kappa shape index (κ1) is 23.2. The highest BCUT2D eigenvalue weighted by atomic mass is 35.5. The molecule has 1 amide bonds. The number of aromatic nitrogens is 4. The molecule has 0 aliphatic heterocycles. The second kappa shape index (κ2) is 10.7. The minimum absolute atomic E-state index is 0.121. The van der Waals surface area contributed by atoms with Gasteiger partial charge in [0.25, 0.3) is 0 Å². The van der Waals surface area contributed by atoms with Gasteiger partial charge in [-0.1, -0.05) is 51.4 Å². The molecule has 7 nitrogen and oxygen atoms in total. The van der Waals surface area contributed by atoms with Gasteiger partial charge in [-0.3, -0.25) is 10.1 Å². The topological polar surface area (TPSA) is 81.4 Å². The lowest BCUT2D eigenvalue weighted by Gasteiger charge is -2.08. The molecule has 3 heterocycles. The summed E-state index contributed by atoms with van der Waals surface area (Å²) in [6.07, 6.45) is 1.69. The number of amides is 1. The van der Waals surface area contributed by atoms with Gasteiger partial charge in [-0.15, -0.1) is 5.10 Å². The second-order valence-corrected chi connectivity index (χ2v) is 7.45. The molecule has 0 fully saturated rings. The number of hydrogen-bond acceptors (Lipinski definition) is 5. The number of carbonyl (C=O) groups is 1. The maximum absolute atomic E-state index is 11.9. The van der Waals surface area contributed by atoms with Crippen LogP contribution in [0.15, 0.2) is 60.8 Å². The lowest BCUT2D eigenvalue weighted by molar-refractivity contribution is -0.118. The number of benzene rings is 1. The Balaban J connectivity index is 0.00000141. The molecule has 0 radical (unpaired) electrons. The highest BCUT2D eigenvalue weighted by Gasteiger charge is 2.13. The lowest BCUT2D eigenvalue weighted by Crippen LogP contribution is -2.18. The molecule has 1 aromatic carbocycles. The number of hydrogen-bond donors (Lipinski definition) is 1. The molecule has 0 atom stereocenters.